The van der Waals surface area contributed by atoms with E-state index in [1.54, 1.807) is 7.05 Å². The van der Waals surface area contributed by atoms with Crippen LogP contribution in [0, 0.1) is 11.8 Å². The molecule has 2 atom stereocenters. The first-order valence-electron chi connectivity index (χ1n) is 8.80. The van der Waals surface area contributed by atoms with Crippen molar-refractivity contribution in [2.24, 2.45) is 16.8 Å². The number of methoxy groups -OCH3 is 1. The van der Waals surface area contributed by atoms with Gasteiger partial charge in [0, 0.05) is 39.3 Å². The Balaban J connectivity index is 0.00000288. The number of esters is 1. The molecule has 0 aromatic rings. The number of nitrogens with zero attached hydrogens (tertiary/aromatic N) is 3. The summed E-state index contributed by atoms with van der Waals surface area (Å²) in [6, 6.07) is 0.745. The standard InChI is InChI=1S/C17H32N4O2.HI/c1-13-11-21(12-15(13)16(22)23-4)17(18-2)19-9-10-20(3)14-7-5-6-8-14;/h13-15H,5-12H2,1-4H3,(H,18,19);1H. The van der Waals surface area contributed by atoms with E-state index < -0.39 is 0 Å². The van der Waals surface area contributed by atoms with E-state index in [0.717, 1.165) is 31.6 Å². The summed E-state index contributed by atoms with van der Waals surface area (Å²) in [5.41, 5.74) is 0. The van der Waals surface area contributed by atoms with Crippen molar-refractivity contribution in [3.8, 4) is 0 Å². The molecule has 1 aliphatic carbocycles. The Hall–Kier alpha value is -0.570. The smallest absolute Gasteiger partial charge is 0.310 e. The second kappa shape index (κ2) is 10.4. The van der Waals surface area contributed by atoms with Gasteiger partial charge in [-0.05, 0) is 25.8 Å². The maximum atomic E-state index is 11.8. The first-order chi connectivity index (χ1) is 11.1. The molecule has 0 radical (unpaired) electrons. The minimum Gasteiger partial charge on any atom is -0.469 e. The van der Waals surface area contributed by atoms with Crippen LogP contribution in [0.15, 0.2) is 4.99 Å². The summed E-state index contributed by atoms with van der Waals surface area (Å²) in [5, 5.41) is 3.45. The maximum Gasteiger partial charge on any atom is 0.310 e. The van der Waals surface area contributed by atoms with Crippen molar-refractivity contribution in [2.75, 3.05) is 47.4 Å². The Kier molecular flexibility index (Phi) is 9.33. The topological polar surface area (TPSA) is 57.2 Å². The highest BCUT2D eigenvalue weighted by atomic mass is 127. The van der Waals surface area contributed by atoms with Crippen molar-refractivity contribution in [1.82, 2.24) is 15.1 Å². The first kappa shape index (κ1) is 21.5. The summed E-state index contributed by atoms with van der Waals surface area (Å²) in [7, 11) is 5.48. The van der Waals surface area contributed by atoms with Crippen molar-refractivity contribution in [1.29, 1.82) is 0 Å². The average Bonchev–Trinajstić information content (AvgIpc) is 3.20. The highest BCUT2D eigenvalue weighted by molar-refractivity contribution is 14.0. The number of hydrogen-bond acceptors (Lipinski definition) is 4. The minimum absolute atomic E-state index is 0. The third-order valence-electron chi connectivity index (χ3n) is 5.32. The molecule has 0 aromatic heterocycles. The zero-order valence-electron chi connectivity index (χ0n) is 15.5. The van der Waals surface area contributed by atoms with E-state index in [-0.39, 0.29) is 35.9 Å². The summed E-state index contributed by atoms with van der Waals surface area (Å²) < 4.78 is 4.90. The lowest BCUT2D eigenvalue weighted by atomic mass is 9.99. The molecular weight excluding hydrogens is 419 g/mol. The maximum absolute atomic E-state index is 11.8. The lowest BCUT2D eigenvalue weighted by Crippen LogP contribution is -2.44. The predicted molar refractivity (Wildman–Crippen MR) is 108 cm³/mol. The molecule has 1 heterocycles. The van der Waals surface area contributed by atoms with E-state index in [0.29, 0.717) is 12.5 Å². The summed E-state index contributed by atoms with van der Waals surface area (Å²) in [6.07, 6.45) is 5.39. The number of aliphatic imine (C=N–C) groups is 1. The Morgan fingerprint density at radius 1 is 1.33 bits per heavy atom. The molecule has 2 fully saturated rings. The minimum atomic E-state index is -0.114. The number of likely N-dealkylation sites (tertiary alicyclic amines) is 1. The number of carbonyl (C=O) groups excluding carboxylic acids is 1. The number of carbonyl (C=O) groups is 1. The molecule has 1 N–H and O–H groups in total. The molecule has 140 valence electrons. The van der Waals surface area contributed by atoms with Crippen LogP contribution in [0.3, 0.4) is 0 Å². The number of nitrogens with one attached hydrogen (secondary N) is 1. The van der Waals surface area contributed by atoms with Crippen LogP contribution >= 0.6 is 24.0 Å². The van der Waals surface area contributed by atoms with Crippen molar-refractivity contribution >= 4 is 35.9 Å². The SMILES string of the molecule is CN=C(NCCN(C)C1CCCC1)N1CC(C)C(C(=O)OC)C1.I. The molecule has 0 spiro atoms. The zero-order chi connectivity index (χ0) is 16.8. The number of halogens is 1. The Morgan fingerprint density at radius 3 is 2.58 bits per heavy atom. The van der Waals surface area contributed by atoms with Gasteiger partial charge in [-0.3, -0.25) is 9.79 Å². The van der Waals surface area contributed by atoms with Crippen LogP contribution in [0.25, 0.3) is 0 Å². The molecule has 24 heavy (non-hydrogen) atoms. The van der Waals surface area contributed by atoms with Gasteiger partial charge in [-0.1, -0.05) is 19.8 Å². The average molecular weight is 452 g/mol. The van der Waals surface area contributed by atoms with Gasteiger partial charge >= 0.3 is 5.97 Å². The number of guanidine groups is 1. The van der Waals surface area contributed by atoms with Gasteiger partial charge in [0.25, 0.3) is 0 Å². The number of ether oxygens (including phenoxy) is 1. The van der Waals surface area contributed by atoms with Gasteiger partial charge in [0.1, 0.15) is 0 Å². The Morgan fingerprint density at radius 2 is 2.00 bits per heavy atom. The molecule has 1 aliphatic heterocycles. The summed E-state index contributed by atoms with van der Waals surface area (Å²) in [6.45, 7) is 5.54. The van der Waals surface area contributed by atoms with E-state index >= 15 is 0 Å². The highest BCUT2D eigenvalue weighted by Crippen LogP contribution is 2.24. The molecule has 1 saturated carbocycles. The Bertz CT molecular complexity index is 427. The monoisotopic (exact) mass is 452 g/mol. The van der Waals surface area contributed by atoms with Crippen molar-refractivity contribution in [3.05, 3.63) is 0 Å². The lowest BCUT2D eigenvalue weighted by Gasteiger charge is -2.26. The van der Waals surface area contributed by atoms with Crippen LogP contribution in [-0.2, 0) is 9.53 Å². The molecular formula is C17H33IN4O2. The fourth-order valence-electron chi connectivity index (χ4n) is 3.80. The molecule has 7 heteroatoms. The summed E-state index contributed by atoms with van der Waals surface area (Å²) in [5.74, 6) is 1.02. The van der Waals surface area contributed by atoms with Crippen LogP contribution in [0.2, 0.25) is 0 Å². The van der Waals surface area contributed by atoms with Crippen LogP contribution in [-0.4, -0.2) is 75.2 Å². The zero-order valence-corrected chi connectivity index (χ0v) is 17.8. The second-order valence-electron chi connectivity index (χ2n) is 6.90. The molecule has 2 unspecified atom stereocenters. The van der Waals surface area contributed by atoms with E-state index in [9.17, 15) is 4.79 Å². The normalized spacial score (nSPS) is 25.0. The van der Waals surface area contributed by atoms with Crippen LogP contribution in [0.1, 0.15) is 32.6 Å². The third kappa shape index (κ3) is 5.47. The fraction of sp³-hybridized carbons (Fsp3) is 0.882. The number of rotatable bonds is 5. The molecule has 6 nitrogen and oxygen atoms in total. The molecule has 0 aromatic carbocycles. The Labute approximate surface area is 163 Å². The van der Waals surface area contributed by atoms with Crippen molar-refractivity contribution in [3.63, 3.8) is 0 Å². The van der Waals surface area contributed by atoms with E-state index in [1.165, 1.54) is 32.8 Å². The largest absolute Gasteiger partial charge is 0.469 e. The van der Waals surface area contributed by atoms with Crippen molar-refractivity contribution < 1.29 is 9.53 Å². The van der Waals surface area contributed by atoms with E-state index in [1.807, 2.05) is 0 Å². The van der Waals surface area contributed by atoms with E-state index in [2.05, 4.69) is 34.1 Å². The van der Waals surface area contributed by atoms with E-state index in [4.69, 9.17) is 4.74 Å². The van der Waals surface area contributed by atoms with Crippen LogP contribution in [0.4, 0.5) is 0 Å². The summed E-state index contributed by atoms with van der Waals surface area (Å²) in [4.78, 5) is 20.8. The summed E-state index contributed by atoms with van der Waals surface area (Å²) >= 11 is 0. The highest BCUT2D eigenvalue weighted by Gasteiger charge is 2.36. The van der Waals surface area contributed by atoms with Crippen LogP contribution in [0.5, 0.6) is 0 Å². The number of likely N-dealkylation sites (N-methyl/N-ethyl adjacent to an activating group) is 1. The van der Waals surface area contributed by atoms with Gasteiger partial charge in [-0.25, -0.2) is 0 Å². The van der Waals surface area contributed by atoms with Gasteiger partial charge < -0.3 is 19.9 Å². The van der Waals surface area contributed by atoms with Crippen molar-refractivity contribution in [2.45, 2.75) is 38.6 Å². The number of hydrogen-bond donors (Lipinski definition) is 1. The van der Waals surface area contributed by atoms with Gasteiger partial charge in [-0.2, -0.15) is 0 Å². The quantitative estimate of drug-likeness (QED) is 0.299. The molecule has 1 saturated heterocycles. The molecule has 2 aliphatic rings. The molecule has 2 rings (SSSR count). The first-order valence-corrected chi connectivity index (χ1v) is 8.80. The van der Waals surface area contributed by atoms with Gasteiger partial charge in [0.05, 0.1) is 13.0 Å². The third-order valence-corrected chi connectivity index (χ3v) is 5.32. The molecule has 0 amide bonds. The van der Waals surface area contributed by atoms with Gasteiger partial charge in [-0.15, -0.1) is 24.0 Å². The van der Waals surface area contributed by atoms with Gasteiger partial charge in [0.2, 0.25) is 0 Å². The van der Waals surface area contributed by atoms with Gasteiger partial charge in [0.15, 0.2) is 5.96 Å². The lowest BCUT2D eigenvalue weighted by molar-refractivity contribution is -0.145. The van der Waals surface area contributed by atoms with Crippen LogP contribution < -0.4 is 5.32 Å². The predicted octanol–water partition coefficient (Wildman–Crippen LogP) is 1.80. The second-order valence-corrected chi connectivity index (χ2v) is 6.90. The molecule has 0 bridgehead atoms. The fourth-order valence-corrected chi connectivity index (χ4v) is 3.80.